The van der Waals surface area contributed by atoms with E-state index in [0.717, 1.165) is 4.90 Å². The lowest BCUT2D eigenvalue weighted by Gasteiger charge is -2.16. The molecular formula is C26H20Cl3N3O3. The molecule has 1 aliphatic heterocycles. The van der Waals surface area contributed by atoms with Gasteiger partial charge < -0.3 is 10.6 Å². The van der Waals surface area contributed by atoms with Crippen molar-refractivity contribution in [3.05, 3.63) is 98.6 Å². The van der Waals surface area contributed by atoms with E-state index in [1.165, 1.54) is 23.8 Å². The molecule has 0 aliphatic carbocycles. The van der Waals surface area contributed by atoms with Crippen LogP contribution in [0.25, 0.3) is 0 Å². The number of nitrogens with zero attached hydrogens (tertiary/aromatic N) is 1. The topological polar surface area (TPSA) is 78.5 Å². The fraction of sp³-hybridized carbons (Fsp3) is 0.115. The van der Waals surface area contributed by atoms with Crippen molar-refractivity contribution in [1.29, 1.82) is 0 Å². The van der Waals surface area contributed by atoms with Gasteiger partial charge in [-0.1, -0.05) is 66.8 Å². The summed E-state index contributed by atoms with van der Waals surface area (Å²) in [6.07, 6.45) is 0. The van der Waals surface area contributed by atoms with Crippen LogP contribution in [-0.2, 0) is 9.59 Å². The van der Waals surface area contributed by atoms with Crippen molar-refractivity contribution in [3.63, 3.8) is 0 Å². The number of imide groups is 1. The zero-order valence-corrected chi connectivity index (χ0v) is 21.0. The molecule has 178 valence electrons. The zero-order valence-electron chi connectivity index (χ0n) is 18.7. The Bertz CT molecular complexity index is 1370. The van der Waals surface area contributed by atoms with Crippen LogP contribution < -0.4 is 15.5 Å². The molecule has 0 radical (unpaired) electrons. The van der Waals surface area contributed by atoms with Gasteiger partial charge in [0.15, 0.2) is 0 Å². The van der Waals surface area contributed by atoms with Gasteiger partial charge in [0.1, 0.15) is 10.7 Å². The van der Waals surface area contributed by atoms with E-state index in [1.54, 1.807) is 24.3 Å². The van der Waals surface area contributed by atoms with Gasteiger partial charge in [0.05, 0.1) is 10.7 Å². The molecule has 0 fully saturated rings. The number of hydrogen-bond acceptors (Lipinski definition) is 4. The van der Waals surface area contributed by atoms with Crippen LogP contribution in [0, 0.1) is 0 Å². The van der Waals surface area contributed by atoms with E-state index in [1.807, 2.05) is 24.3 Å². The number of benzene rings is 3. The molecule has 3 aromatic rings. The van der Waals surface area contributed by atoms with Gasteiger partial charge in [-0.15, -0.1) is 0 Å². The minimum absolute atomic E-state index is 0.121. The molecule has 0 unspecified atom stereocenters. The summed E-state index contributed by atoms with van der Waals surface area (Å²) in [6, 6.07) is 18.5. The van der Waals surface area contributed by atoms with Crippen molar-refractivity contribution in [1.82, 2.24) is 0 Å². The highest BCUT2D eigenvalue weighted by atomic mass is 35.5. The lowest BCUT2D eigenvalue weighted by atomic mass is 10.0. The first-order valence-electron chi connectivity index (χ1n) is 10.7. The van der Waals surface area contributed by atoms with E-state index in [-0.39, 0.29) is 27.3 Å². The fourth-order valence-corrected chi connectivity index (χ4v) is 4.24. The molecule has 0 saturated carbocycles. The Balaban J connectivity index is 1.52. The number of amides is 3. The van der Waals surface area contributed by atoms with E-state index in [4.69, 9.17) is 34.8 Å². The summed E-state index contributed by atoms with van der Waals surface area (Å²) < 4.78 is 0. The largest absolute Gasteiger partial charge is 0.350 e. The third-order valence-electron chi connectivity index (χ3n) is 5.41. The average molecular weight is 529 g/mol. The van der Waals surface area contributed by atoms with Gasteiger partial charge in [-0.2, -0.15) is 0 Å². The van der Waals surface area contributed by atoms with Gasteiger partial charge in [-0.05, 0) is 60.0 Å². The second-order valence-corrected chi connectivity index (χ2v) is 9.39. The molecule has 2 N–H and O–H groups in total. The lowest BCUT2D eigenvalue weighted by Crippen LogP contribution is -2.32. The average Bonchev–Trinajstić information content (AvgIpc) is 3.03. The van der Waals surface area contributed by atoms with E-state index >= 15 is 0 Å². The standard InChI is InChI=1S/C26H20Cl3N3O3/c1-14(2)15-6-9-18(10-7-15)31-24(33)16-4-3-5-19(12-16)30-23-22(29)25(34)32(26(23)35)21-11-8-17(27)13-20(21)28/h3-14,30H,1-2H3,(H,31,33). The van der Waals surface area contributed by atoms with Gasteiger partial charge in [-0.3, -0.25) is 14.4 Å². The van der Waals surface area contributed by atoms with Crippen molar-refractivity contribution in [3.8, 4) is 0 Å². The molecule has 0 saturated heterocycles. The second-order valence-electron chi connectivity index (χ2n) is 8.17. The van der Waals surface area contributed by atoms with Crippen LogP contribution >= 0.6 is 34.8 Å². The maximum absolute atomic E-state index is 13.0. The van der Waals surface area contributed by atoms with Crippen LogP contribution in [0.5, 0.6) is 0 Å². The first-order valence-corrected chi connectivity index (χ1v) is 11.8. The Morgan fingerprint density at radius 1 is 0.857 bits per heavy atom. The van der Waals surface area contributed by atoms with Crippen LogP contribution in [0.3, 0.4) is 0 Å². The molecule has 0 bridgehead atoms. The summed E-state index contributed by atoms with van der Waals surface area (Å²) in [5.41, 5.74) is 2.64. The van der Waals surface area contributed by atoms with E-state index in [9.17, 15) is 14.4 Å². The second kappa shape index (κ2) is 10.1. The smallest absolute Gasteiger partial charge is 0.283 e. The number of halogens is 3. The van der Waals surface area contributed by atoms with Crippen molar-refractivity contribution in [2.75, 3.05) is 15.5 Å². The van der Waals surface area contributed by atoms with Crippen LogP contribution in [0.4, 0.5) is 17.1 Å². The molecule has 6 nitrogen and oxygen atoms in total. The lowest BCUT2D eigenvalue weighted by molar-refractivity contribution is -0.120. The number of nitrogens with one attached hydrogen (secondary N) is 2. The Hall–Kier alpha value is -3.32. The summed E-state index contributed by atoms with van der Waals surface area (Å²) in [6.45, 7) is 4.19. The summed E-state index contributed by atoms with van der Waals surface area (Å²) in [5.74, 6) is -1.33. The van der Waals surface area contributed by atoms with Gasteiger partial charge >= 0.3 is 0 Å². The van der Waals surface area contributed by atoms with E-state index in [0.29, 0.717) is 27.9 Å². The number of anilines is 3. The van der Waals surface area contributed by atoms with Crippen molar-refractivity contribution in [2.45, 2.75) is 19.8 Å². The molecule has 3 amide bonds. The zero-order chi connectivity index (χ0) is 25.3. The van der Waals surface area contributed by atoms with Crippen molar-refractivity contribution in [2.24, 2.45) is 0 Å². The summed E-state index contributed by atoms with van der Waals surface area (Å²) in [7, 11) is 0. The normalized spacial score (nSPS) is 13.6. The Morgan fingerprint density at radius 3 is 2.23 bits per heavy atom. The summed E-state index contributed by atoms with van der Waals surface area (Å²) in [4.78, 5) is 39.4. The van der Waals surface area contributed by atoms with Crippen LogP contribution in [-0.4, -0.2) is 17.7 Å². The van der Waals surface area contributed by atoms with Gasteiger partial charge in [0.2, 0.25) is 0 Å². The predicted octanol–water partition coefficient (Wildman–Crippen LogP) is 6.80. The quantitative estimate of drug-likeness (QED) is 0.345. The first-order chi connectivity index (χ1) is 16.7. The molecule has 0 atom stereocenters. The summed E-state index contributed by atoms with van der Waals surface area (Å²) >= 11 is 18.3. The Morgan fingerprint density at radius 2 is 1.57 bits per heavy atom. The molecule has 9 heteroatoms. The first kappa shape index (κ1) is 24.8. The Kier molecular flexibility index (Phi) is 7.17. The Labute approximate surface area is 217 Å². The number of hydrogen-bond donors (Lipinski definition) is 2. The minimum atomic E-state index is -0.720. The number of carbonyl (C=O) groups excluding carboxylic acids is 3. The van der Waals surface area contributed by atoms with E-state index < -0.39 is 11.8 Å². The molecule has 3 aromatic carbocycles. The number of carbonyl (C=O) groups is 3. The maximum atomic E-state index is 13.0. The fourth-order valence-electron chi connectivity index (χ4n) is 3.53. The highest BCUT2D eigenvalue weighted by Crippen LogP contribution is 2.35. The minimum Gasteiger partial charge on any atom is -0.350 e. The molecule has 0 aromatic heterocycles. The van der Waals surface area contributed by atoms with Crippen molar-refractivity contribution < 1.29 is 14.4 Å². The molecule has 1 heterocycles. The molecule has 0 spiro atoms. The van der Waals surface area contributed by atoms with Gasteiger partial charge in [0, 0.05) is 22.0 Å². The number of rotatable bonds is 6. The van der Waals surface area contributed by atoms with E-state index in [2.05, 4.69) is 24.5 Å². The molecule has 1 aliphatic rings. The molecule has 35 heavy (non-hydrogen) atoms. The third kappa shape index (κ3) is 5.20. The SMILES string of the molecule is CC(C)c1ccc(NC(=O)c2cccc(NC3=C(Cl)C(=O)N(c4ccc(Cl)cc4Cl)C3=O)c2)cc1. The highest BCUT2D eigenvalue weighted by Gasteiger charge is 2.39. The highest BCUT2D eigenvalue weighted by molar-refractivity contribution is 6.54. The van der Waals surface area contributed by atoms with Crippen molar-refractivity contribution >= 4 is 69.6 Å². The monoisotopic (exact) mass is 527 g/mol. The van der Waals surface area contributed by atoms with Gasteiger partial charge in [-0.25, -0.2) is 4.90 Å². The molecular weight excluding hydrogens is 509 g/mol. The van der Waals surface area contributed by atoms with Crippen LogP contribution in [0.15, 0.2) is 77.5 Å². The molecule has 4 rings (SSSR count). The van der Waals surface area contributed by atoms with Crippen LogP contribution in [0.2, 0.25) is 10.0 Å². The van der Waals surface area contributed by atoms with Gasteiger partial charge in [0.25, 0.3) is 17.7 Å². The van der Waals surface area contributed by atoms with Crippen LogP contribution in [0.1, 0.15) is 35.7 Å². The summed E-state index contributed by atoms with van der Waals surface area (Å²) in [5, 5.41) is 5.92. The predicted molar refractivity (Wildman–Crippen MR) is 140 cm³/mol. The third-order valence-corrected chi connectivity index (χ3v) is 6.30. The maximum Gasteiger partial charge on any atom is 0.283 e.